The third kappa shape index (κ3) is 3.81. The van der Waals surface area contributed by atoms with E-state index in [1.807, 2.05) is 6.92 Å². The van der Waals surface area contributed by atoms with E-state index in [0.29, 0.717) is 17.6 Å². The molecule has 0 aliphatic heterocycles. The van der Waals surface area contributed by atoms with Crippen LogP contribution < -0.4 is 16.6 Å². The summed E-state index contributed by atoms with van der Waals surface area (Å²) < 4.78 is 16.8. The van der Waals surface area contributed by atoms with Crippen molar-refractivity contribution >= 4 is 16.9 Å². The molecule has 2 heterocycles. The molecule has 0 saturated carbocycles. The SMILES string of the molecule is CCCNC(=O)Cn1c(=O)n(Cc2ccc(F)cc2)c(=O)c2nn(C)cc21. The second-order valence-electron chi connectivity index (χ2n) is 6.27. The normalized spacial score (nSPS) is 11.1. The number of fused-ring (bicyclic) bond motifs is 1. The summed E-state index contributed by atoms with van der Waals surface area (Å²) in [5.74, 6) is -0.729. The Kier molecular flexibility index (Phi) is 5.20. The molecule has 8 nitrogen and oxygen atoms in total. The maximum absolute atomic E-state index is 13.1. The molecule has 1 N–H and O–H groups in total. The number of halogens is 1. The van der Waals surface area contributed by atoms with E-state index in [1.54, 1.807) is 7.05 Å². The van der Waals surface area contributed by atoms with E-state index in [4.69, 9.17) is 0 Å². The van der Waals surface area contributed by atoms with Gasteiger partial charge in [-0.1, -0.05) is 19.1 Å². The number of amides is 1. The van der Waals surface area contributed by atoms with Crippen LogP contribution in [0.5, 0.6) is 0 Å². The largest absolute Gasteiger partial charge is 0.355 e. The van der Waals surface area contributed by atoms with Gasteiger partial charge in [0.2, 0.25) is 5.91 Å². The van der Waals surface area contributed by atoms with E-state index in [2.05, 4.69) is 10.4 Å². The summed E-state index contributed by atoms with van der Waals surface area (Å²) >= 11 is 0. The fourth-order valence-electron chi connectivity index (χ4n) is 2.82. The average molecular weight is 373 g/mol. The number of nitrogens with zero attached hydrogens (tertiary/aromatic N) is 4. The van der Waals surface area contributed by atoms with Crippen LogP contribution in [0.2, 0.25) is 0 Å². The molecule has 27 heavy (non-hydrogen) atoms. The molecule has 3 aromatic rings. The highest BCUT2D eigenvalue weighted by Gasteiger charge is 2.18. The minimum absolute atomic E-state index is 0.0406. The van der Waals surface area contributed by atoms with Crippen molar-refractivity contribution in [2.45, 2.75) is 26.4 Å². The second kappa shape index (κ2) is 7.56. The quantitative estimate of drug-likeness (QED) is 0.685. The number of rotatable bonds is 6. The van der Waals surface area contributed by atoms with Gasteiger partial charge in [0.1, 0.15) is 12.4 Å². The number of hydrogen-bond donors (Lipinski definition) is 1. The van der Waals surface area contributed by atoms with Gasteiger partial charge in [-0.15, -0.1) is 0 Å². The number of nitrogens with one attached hydrogen (secondary N) is 1. The highest BCUT2D eigenvalue weighted by Crippen LogP contribution is 2.07. The summed E-state index contributed by atoms with van der Waals surface area (Å²) in [6, 6.07) is 5.52. The fraction of sp³-hybridized carbons (Fsp3) is 0.333. The number of aromatic nitrogens is 4. The van der Waals surface area contributed by atoms with Crippen molar-refractivity contribution in [3.05, 3.63) is 62.7 Å². The topological polar surface area (TPSA) is 90.9 Å². The Balaban J connectivity index is 2.10. The highest BCUT2D eigenvalue weighted by molar-refractivity contribution is 5.79. The molecule has 0 aliphatic carbocycles. The summed E-state index contributed by atoms with van der Waals surface area (Å²) in [6.07, 6.45) is 2.31. The van der Waals surface area contributed by atoms with Crippen molar-refractivity contribution in [2.75, 3.05) is 6.54 Å². The van der Waals surface area contributed by atoms with Gasteiger partial charge in [-0.3, -0.25) is 23.4 Å². The summed E-state index contributed by atoms with van der Waals surface area (Å²) in [5, 5.41) is 6.85. The molecule has 0 bridgehead atoms. The first kappa shape index (κ1) is 18.6. The minimum Gasteiger partial charge on any atom is -0.355 e. The Morgan fingerprint density at radius 3 is 2.56 bits per heavy atom. The van der Waals surface area contributed by atoms with Gasteiger partial charge in [-0.05, 0) is 24.1 Å². The molecular weight excluding hydrogens is 353 g/mol. The van der Waals surface area contributed by atoms with Gasteiger partial charge in [0.05, 0.1) is 12.1 Å². The van der Waals surface area contributed by atoms with Crippen LogP contribution in [-0.4, -0.2) is 31.4 Å². The monoisotopic (exact) mass is 373 g/mol. The van der Waals surface area contributed by atoms with Gasteiger partial charge in [0.25, 0.3) is 5.56 Å². The van der Waals surface area contributed by atoms with Crippen molar-refractivity contribution in [2.24, 2.45) is 7.05 Å². The third-order valence-corrected chi connectivity index (χ3v) is 4.14. The molecule has 2 aromatic heterocycles. The van der Waals surface area contributed by atoms with Crippen LogP contribution in [0, 0.1) is 5.82 Å². The summed E-state index contributed by atoms with van der Waals surface area (Å²) in [4.78, 5) is 37.8. The number of hydrogen-bond acceptors (Lipinski definition) is 4. The Hall–Kier alpha value is -3.23. The van der Waals surface area contributed by atoms with Gasteiger partial charge >= 0.3 is 5.69 Å². The number of carbonyl (C=O) groups excluding carboxylic acids is 1. The lowest BCUT2D eigenvalue weighted by atomic mass is 10.2. The molecule has 3 rings (SSSR count). The third-order valence-electron chi connectivity index (χ3n) is 4.14. The lowest BCUT2D eigenvalue weighted by molar-refractivity contribution is -0.121. The first-order valence-electron chi connectivity index (χ1n) is 8.59. The van der Waals surface area contributed by atoms with Crippen LogP contribution in [-0.2, 0) is 24.9 Å². The number of benzene rings is 1. The molecule has 0 atom stereocenters. The molecule has 9 heteroatoms. The van der Waals surface area contributed by atoms with Gasteiger partial charge in [0.15, 0.2) is 5.52 Å². The Morgan fingerprint density at radius 2 is 1.89 bits per heavy atom. The maximum Gasteiger partial charge on any atom is 0.332 e. The summed E-state index contributed by atoms with van der Waals surface area (Å²) in [6.45, 7) is 2.17. The van der Waals surface area contributed by atoms with E-state index in [9.17, 15) is 18.8 Å². The lowest BCUT2D eigenvalue weighted by Crippen LogP contribution is -2.42. The van der Waals surface area contributed by atoms with E-state index >= 15 is 0 Å². The molecule has 0 radical (unpaired) electrons. The smallest absolute Gasteiger partial charge is 0.332 e. The zero-order valence-electron chi connectivity index (χ0n) is 15.1. The fourth-order valence-corrected chi connectivity index (χ4v) is 2.82. The van der Waals surface area contributed by atoms with Crippen LogP contribution in [0.4, 0.5) is 4.39 Å². The number of aryl methyl sites for hydroxylation is 1. The Labute approximate surface area is 153 Å². The minimum atomic E-state index is -0.614. The average Bonchev–Trinajstić information content (AvgIpc) is 3.04. The van der Waals surface area contributed by atoms with E-state index in [-0.39, 0.29) is 24.5 Å². The lowest BCUT2D eigenvalue weighted by Gasteiger charge is -2.11. The van der Waals surface area contributed by atoms with Gasteiger partial charge in [-0.25, -0.2) is 9.18 Å². The molecule has 0 aliphatic rings. The molecular formula is C18H20FN5O3. The molecule has 0 fully saturated rings. The molecule has 1 aromatic carbocycles. The predicted octanol–water partition coefficient (Wildman–Crippen LogP) is 0.610. The van der Waals surface area contributed by atoms with Gasteiger partial charge < -0.3 is 5.32 Å². The van der Waals surface area contributed by atoms with E-state index in [1.165, 1.54) is 39.7 Å². The Bertz CT molecular complexity index is 1100. The molecule has 0 unspecified atom stereocenters. The predicted molar refractivity (Wildman–Crippen MR) is 98.0 cm³/mol. The molecule has 0 spiro atoms. The van der Waals surface area contributed by atoms with Crippen molar-refractivity contribution in [1.29, 1.82) is 0 Å². The van der Waals surface area contributed by atoms with Crippen molar-refractivity contribution in [1.82, 2.24) is 24.2 Å². The summed E-state index contributed by atoms with van der Waals surface area (Å²) in [5.41, 5.74) is -0.175. The van der Waals surface area contributed by atoms with Crippen LogP contribution >= 0.6 is 0 Å². The van der Waals surface area contributed by atoms with Crippen LogP contribution in [0.25, 0.3) is 11.0 Å². The Morgan fingerprint density at radius 1 is 1.19 bits per heavy atom. The van der Waals surface area contributed by atoms with Crippen molar-refractivity contribution in [3.8, 4) is 0 Å². The summed E-state index contributed by atoms with van der Waals surface area (Å²) in [7, 11) is 1.63. The molecule has 142 valence electrons. The van der Waals surface area contributed by atoms with Crippen molar-refractivity contribution in [3.63, 3.8) is 0 Å². The maximum atomic E-state index is 13.1. The van der Waals surface area contributed by atoms with Gasteiger partial charge in [0, 0.05) is 19.8 Å². The van der Waals surface area contributed by atoms with Crippen LogP contribution in [0.15, 0.2) is 40.1 Å². The van der Waals surface area contributed by atoms with Gasteiger partial charge in [-0.2, -0.15) is 5.10 Å². The standard InChI is InChI=1S/C18H20FN5O3/c1-3-8-20-15(25)11-23-14-10-22(2)21-16(14)17(26)24(18(23)27)9-12-4-6-13(19)7-5-12/h4-7,10H,3,8-9,11H2,1-2H3,(H,20,25). The molecule has 1 amide bonds. The first-order chi connectivity index (χ1) is 12.9. The highest BCUT2D eigenvalue weighted by atomic mass is 19.1. The van der Waals surface area contributed by atoms with E-state index < -0.39 is 17.1 Å². The zero-order valence-corrected chi connectivity index (χ0v) is 15.1. The molecule has 0 saturated heterocycles. The number of carbonyl (C=O) groups is 1. The van der Waals surface area contributed by atoms with Crippen LogP contribution in [0.3, 0.4) is 0 Å². The second-order valence-corrected chi connectivity index (χ2v) is 6.27. The van der Waals surface area contributed by atoms with E-state index in [0.717, 1.165) is 11.0 Å². The first-order valence-corrected chi connectivity index (χ1v) is 8.59. The van der Waals surface area contributed by atoms with Crippen molar-refractivity contribution < 1.29 is 9.18 Å². The zero-order chi connectivity index (χ0) is 19.6. The van der Waals surface area contributed by atoms with Crippen LogP contribution in [0.1, 0.15) is 18.9 Å².